The van der Waals surface area contributed by atoms with Gasteiger partial charge in [0.05, 0.1) is 0 Å². The predicted molar refractivity (Wildman–Crippen MR) is 87.6 cm³/mol. The van der Waals surface area contributed by atoms with Crippen LogP contribution in [0.25, 0.3) is 10.4 Å². The van der Waals surface area contributed by atoms with E-state index in [1.807, 2.05) is 35.7 Å². The Bertz CT molecular complexity index is 913. The Morgan fingerprint density at radius 1 is 1.04 bits per heavy atom. The number of carbonyl (C=O) groups excluding carboxylic acids is 1. The molecule has 0 saturated heterocycles. The zero-order valence-electron chi connectivity index (χ0n) is 11.9. The van der Waals surface area contributed by atoms with Gasteiger partial charge in [0.2, 0.25) is 0 Å². The monoisotopic (exact) mass is 324 g/mol. The Hall–Kier alpha value is -2.79. The lowest BCUT2D eigenvalue weighted by atomic mass is 10.0. The lowest BCUT2D eigenvalue weighted by Crippen LogP contribution is -2.02. The van der Waals surface area contributed by atoms with Gasteiger partial charge < -0.3 is 14.9 Å². The number of ether oxygens (including phenoxy) is 1. The zero-order valence-corrected chi connectivity index (χ0v) is 12.8. The third-order valence-corrected chi connectivity index (χ3v) is 4.71. The standard InChI is InChI=1S/C18H12O4S/c19-12-8-14(21)18-13(20)6-10-3-4-11(17-2-1-5-23-17)7-15(10)22-16(18)9-12/h1-5,7-9,19,21H,6H2. The van der Waals surface area contributed by atoms with Gasteiger partial charge in [-0.25, -0.2) is 0 Å². The minimum absolute atomic E-state index is 0.108. The summed E-state index contributed by atoms with van der Waals surface area (Å²) < 4.78 is 5.84. The lowest BCUT2D eigenvalue weighted by Gasteiger charge is -2.10. The third kappa shape index (κ3) is 2.35. The topological polar surface area (TPSA) is 66.8 Å². The van der Waals surface area contributed by atoms with Crippen molar-refractivity contribution in [3.63, 3.8) is 0 Å². The molecule has 0 unspecified atom stereocenters. The number of Topliss-reactive ketones (excluding diaryl/α,β-unsaturated/α-hetero) is 1. The quantitative estimate of drug-likeness (QED) is 0.698. The first-order valence-corrected chi connectivity index (χ1v) is 7.93. The molecule has 0 atom stereocenters. The molecular weight excluding hydrogens is 312 g/mol. The molecule has 23 heavy (non-hydrogen) atoms. The molecule has 0 aliphatic carbocycles. The summed E-state index contributed by atoms with van der Waals surface area (Å²) in [7, 11) is 0. The molecule has 2 heterocycles. The van der Waals surface area contributed by atoms with Crippen LogP contribution in [0.5, 0.6) is 23.0 Å². The summed E-state index contributed by atoms with van der Waals surface area (Å²) in [6.07, 6.45) is 0.144. The molecule has 1 aliphatic rings. The zero-order chi connectivity index (χ0) is 16.0. The van der Waals surface area contributed by atoms with E-state index >= 15 is 0 Å². The number of aromatic hydroxyl groups is 2. The number of fused-ring (bicyclic) bond motifs is 2. The highest BCUT2D eigenvalue weighted by molar-refractivity contribution is 7.13. The van der Waals surface area contributed by atoms with E-state index in [4.69, 9.17) is 4.74 Å². The average molecular weight is 324 g/mol. The van der Waals surface area contributed by atoms with Gasteiger partial charge in [0.1, 0.15) is 28.6 Å². The summed E-state index contributed by atoms with van der Waals surface area (Å²) in [6, 6.07) is 12.2. The molecule has 2 N–H and O–H groups in total. The highest BCUT2D eigenvalue weighted by atomic mass is 32.1. The van der Waals surface area contributed by atoms with Gasteiger partial charge in [-0.15, -0.1) is 11.3 Å². The van der Waals surface area contributed by atoms with Crippen LogP contribution in [0.15, 0.2) is 47.8 Å². The molecular formula is C18H12O4S. The van der Waals surface area contributed by atoms with Gasteiger partial charge in [-0.3, -0.25) is 4.79 Å². The first-order chi connectivity index (χ1) is 11.1. The summed E-state index contributed by atoms with van der Waals surface area (Å²) in [6.45, 7) is 0. The maximum Gasteiger partial charge on any atom is 0.174 e. The molecule has 0 spiro atoms. The first-order valence-electron chi connectivity index (χ1n) is 7.05. The van der Waals surface area contributed by atoms with E-state index in [1.165, 1.54) is 6.07 Å². The van der Waals surface area contributed by atoms with E-state index in [2.05, 4.69) is 0 Å². The van der Waals surface area contributed by atoms with Gasteiger partial charge in [-0.2, -0.15) is 0 Å². The Kier molecular flexibility index (Phi) is 3.09. The fourth-order valence-electron chi connectivity index (χ4n) is 2.72. The normalized spacial score (nSPS) is 13.0. The molecule has 3 aromatic rings. The maximum absolute atomic E-state index is 12.4. The Labute approximate surface area is 136 Å². The van der Waals surface area contributed by atoms with Crippen LogP contribution in [0.2, 0.25) is 0 Å². The summed E-state index contributed by atoms with van der Waals surface area (Å²) in [5, 5.41) is 21.6. The third-order valence-electron chi connectivity index (χ3n) is 3.79. The van der Waals surface area contributed by atoms with Crippen LogP contribution in [0.4, 0.5) is 0 Å². The summed E-state index contributed by atoms with van der Waals surface area (Å²) >= 11 is 1.62. The Balaban J connectivity index is 1.86. The molecule has 4 rings (SSSR count). The molecule has 1 aromatic heterocycles. The molecule has 114 valence electrons. The van der Waals surface area contributed by atoms with E-state index in [0.29, 0.717) is 5.75 Å². The number of phenolic OH excluding ortho intramolecular Hbond substituents is 2. The van der Waals surface area contributed by atoms with Gasteiger partial charge in [0.15, 0.2) is 5.78 Å². The number of ketones is 1. The Morgan fingerprint density at radius 3 is 2.70 bits per heavy atom. The van der Waals surface area contributed by atoms with Gasteiger partial charge in [0.25, 0.3) is 0 Å². The van der Waals surface area contributed by atoms with E-state index < -0.39 is 0 Å². The fourth-order valence-corrected chi connectivity index (χ4v) is 3.44. The van der Waals surface area contributed by atoms with E-state index in [0.717, 1.165) is 22.1 Å². The molecule has 2 aromatic carbocycles. The van der Waals surface area contributed by atoms with Crippen molar-refractivity contribution in [3.8, 4) is 33.4 Å². The molecule has 0 radical (unpaired) electrons. The summed E-state index contributed by atoms with van der Waals surface area (Å²) in [5.41, 5.74) is 1.86. The van der Waals surface area contributed by atoms with Gasteiger partial charge in [-0.1, -0.05) is 18.2 Å². The number of thiophene rings is 1. The van der Waals surface area contributed by atoms with Crippen molar-refractivity contribution in [2.75, 3.05) is 0 Å². The molecule has 0 bridgehead atoms. The number of rotatable bonds is 1. The highest BCUT2D eigenvalue weighted by Gasteiger charge is 2.25. The van der Waals surface area contributed by atoms with Crippen LogP contribution in [0.3, 0.4) is 0 Å². The van der Waals surface area contributed by atoms with Crippen molar-refractivity contribution < 1.29 is 19.7 Å². The van der Waals surface area contributed by atoms with Crippen molar-refractivity contribution >= 4 is 17.1 Å². The second-order valence-corrected chi connectivity index (χ2v) is 6.29. The number of phenols is 2. The molecule has 0 fully saturated rings. The molecule has 5 heteroatoms. The predicted octanol–water partition coefficient (Wildman–Crippen LogP) is 4.36. The smallest absolute Gasteiger partial charge is 0.174 e. The summed E-state index contributed by atoms with van der Waals surface area (Å²) in [5.74, 6) is 0.0888. The van der Waals surface area contributed by atoms with Crippen molar-refractivity contribution in [3.05, 3.63) is 59.0 Å². The van der Waals surface area contributed by atoms with Crippen LogP contribution >= 0.6 is 11.3 Å². The van der Waals surface area contributed by atoms with Gasteiger partial charge in [0, 0.05) is 29.0 Å². The van der Waals surface area contributed by atoms with E-state index in [9.17, 15) is 15.0 Å². The van der Waals surface area contributed by atoms with Crippen molar-refractivity contribution in [1.29, 1.82) is 0 Å². The Morgan fingerprint density at radius 2 is 1.91 bits per heavy atom. The second-order valence-electron chi connectivity index (χ2n) is 5.34. The molecule has 1 aliphatic heterocycles. The van der Waals surface area contributed by atoms with Crippen LogP contribution in [0.1, 0.15) is 15.9 Å². The largest absolute Gasteiger partial charge is 0.508 e. The number of carbonyl (C=O) groups is 1. The number of hydrogen-bond acceptors (Lipinski definition) is 5. The molecule has 0 amide bonds. The van der Waals surface area contributed by atoms with Crippen LogP contribution < -0.4 is 4.74 Å². The molecule has 0 saturated carbocycles. The fraction of sp³-hybridized carbons (Fsp3) is 0.0556. The first kappa shape index (κ1) is 13.8. The van der Waals surface area contributed by atoms with Crippen LogP contribution in [-0.2, 0) is 6.42 Å². The summed E-state index contributed by atoms with van der Waals surface area (Å²) in [4.78, 5) is 13.5. The van der Waals surface area contributed by atoms with Gasteiger partial charge >= 0.3 is 0 Å². The van der Waals surface area contributed by atoms with E-state index in [1.54, 1.807) is 11.3 Å². The minimum Gasteiger partial charge on any atom is -0.508 e. The highest BCUT2D eigenvalue weighted by Crippen LogP contribution is 2.41. The number of hydrogen-bond donors (Lipinski definition) is 2. The van der Waals surface area contributed by atoms with Gasteiger partial charge in [-0.05, 0) is 23.1 Å². The molecule has 4 nitrogen and oxygen atoms in total. The maximum atomic E-state index is 12.4. The van der Waals surface area contributed by atoms with Crippen molar-refractivity contribution in [1.82, 2.24) is 0 Å². The van der Waals surface area contributed by atoms with Crippen LogP contribution in [-0.4, -0.2) is 16.0 Å². The lowest BCUT2D eigenvalue weighted by molar-refractivity contribution is 0.0991. The van der Waals surface area contributed by atoms with Crippen molar-refractivity contribution in [2.24, 2.45) is 0 Å². The number of benzene rings is 2. The average Bonchev–Trinajstić information content (AvgIpc) is 2.98. The second kappa shape index (κ2) is 5.14. The van der Waals surface area contributed by atoms with Crippen LogP contribution in [0, 0.1) is 0 Å². The SMILES string of the molecule is O=C1Cc2ccc(-c3cccs3)cc2Oc2cc(O)cc(O)c21. The minimum atomic E-state index is -0.267. The van der Waals surface area contributed by atoms with Crippen molar-refractivity contribution in [2.45, 2.75) is 6.42 Å². The van der Waals surface area contributed by atoms with E-state index in [-0.39, 0.29) is 35.0 Å².